The van der Waals surface area contributed by atoms with Gasteiger partial charge in [0.1, 0.15) is 5.75 Å². The van der Waals surface area contributed by atoms with Crippen LogP contribution in [0.2, 0.25) is 0 Å². The zero-order valence-electron chi connectivity index (χ0n) is 14.6. The van der Waals surface area contributed by atoms with Gasteiger partial charge in [-0.3, -0.25) is 4.99 Å². The molecule has 4 nitrogen and oxygen atoms in total. The second-order valence-electron chi connectivity index (χ2n) is 5.92. The molecule has 0 radical (unpaired) electrons. The molecule has 0 aliphatic rings. The van der Waals surface area contributed by atoms with Crippen molar-refractivity contribution in [3.63, 3.8) is 0 Å². The first-order valence-electron chi connectivity index (χ1n) is 8.09. The first-order chi connectivity index (χ1) is 13.0. The Labute approximate surface area is 178 Å². The molecule has 1 N–H and O–H groups in total. The first kappa shape index (κ1) is 19.8. The van der Waals surface area contributed by atoms with E-state index in [1.807, 2.05) is 48.7 Å². The maximum atomic E-state index is 10.3. The van der Waals surface area contributed by atoms with E-state index in [-0.39, 0.29) is 5.75 Å². The molecule has 0 atom stereocenters. The minimum atomic E-state index is 0.138. The monoisotopic (exact) mass is 505 g/mol. The lowest BCUT2D eigenvalue weighted by molar-refractivity contribution is 0.471. The lowest BCUT2D eigenvalue weighted by Gasteiger charge is -2.05. The Morgan fingerprint density at radius 2 is 2.00 bits per heavy atom. The molecular weight excluding hydrogens is 490 g/mol. The minimum Gasteiger partial charge on any atom is -0.506 e. The summed E-state index contributed by atoms with van der Waals surface area (Å²) in [6.07, 6.45) is 1.63. The van der Waals surface area contributed by atoms with E-state index >= 15 is 0 Å². The molecule has 0 amide bonds. The lowest BCUT2D eigenvalue weighted by atomic mass is 10.2. The van der Waals surface area contributed by atoms with E-state index in [1.165, 1.54) is 11.3 Å². The topological polar surface area (TPSA) is 49.9 Å². The number of aromatic nitrogens is 1. The summed E-state index contributed by atoms with van der Waals surface area (Å²) < 4.78 is 3.24. The fourth-order valence-electron chi connectivity index (χ4n) is 2.33. The van der Waals surface area contributed by atoms with Crippen molar-refractivity contribution in [3.8, 4) is 17.0 Å². The Hall–Kier alpha value is -1.96. The highest BCUT2D eigenvalue weighted by molar-refractivity contribution is 9.11. The number of aromatic hydroxyl groups is 1. The molecule has 0 bridgehead atoms. The van der Waals surface area contributed by atoms with Gasteiger partial charge in [-0.1, -0.05) is 58.4 Å². The quantitative estimate of drug-likeness (QED) is 0.344. The third kappa shape index (κ3) is 4.86. The predicted octanol–water partition coefficient (Wildman–Crippen LogP) is 5.81. The highest BCUT2D eigenvalue weighted by Crippen LogP contribution is 2.30. The van der Waals surface area contributed by atoms with E-state index in [1.54, 1.807) is 17.0 Å². The molecule has 0 aliphatic heterocycles. The number of nitrogens with zero attached hydrogens (tertiary/aromatic N) is 3. The van der Waals surface area contributed by atoms with Crippen LogP contribution >= 0.6 is 43.2 Å². The van der Waals surface area contributed by atoms with Gasteiger partial charge < -0.3 is 5.11 Å². The van der Waals surface area contributed by atoms with Crippen molar-refractivity contribution >= 4 is 49.4 Å². The Bertz CT molecular complexity index is 1070. The molecule has 1 heterocycles. The van der Waals surface area contributed by atoms with Crippen LogP contribution in [0, 0.1) is 0 Å². The molecule has 3 rings (SSSR count). The van der Waals surface area contributed by atoms with Gasteiger partial charge in [0.2, 0.25) is 4.80 Å². The predicted molar refractivity (Wildman–Crippen MR) is 119 cm³/mol. The van der Waals surface area contributed by atoms with E-state index in [0.717, 1.165) is 26.1 Å². The SMILES string of the molecule is C=C(C)CN=c1scc(-c2ccccc2)n1N=Cc1cc(Br)cc(Br)c1O. The van der Waals surface area contributed by atoms with Gasteiger partial charge in [-0.05, 0) is 35.0 Å². The molecule has 27 heavy (non-hydrogen) atoms. The molecule has 0 unspecified atom stereocenters. The van der Waals surface area contributed by atoms with Crippen LogP contribution in [0.25, 0.3) is 11.3 Å². The summed E-state index contributed by atoms with van der Waals surface area (Å²) in [5, 5.41) is 16.9. The molecule has 0 saturated carbocycles. The Kier molecular flexibility index (Phi) is 6.46. The maximum absolute atomic E-state index is 10.3. The van der Waals surface area contributed by atoms with Crippen LogP contribution in [0.3, 0.4) is 0 Å². The number of benzene rings is 2. The standard InChI is InChI=1S/C20H17Br2N3OS/c1-13(2)10-23-20-25(18(12-27-20)14-6-4-3-5-7-14)24-11-15-8-16(21)9-17(22)19(15)26/h3-9,11-12,26H,1,10H2,2H3. The third-order valence-corrected chi connectivity index (χ3v) is 5.53. The summed E-state index contributed by atoms with van der Waals surface area (Å²) in [5.74, 6) is 0.138. The second kappa shape index (κ2) is 8.82. The largest absolute Gasteiger partial charge is 0.506 e. The van der Waals surface area contributed by atoms with Crippen LogP contribution in [0.1, 0.15) is 12.5 Å². The van der Waals surface area contributed by atoms with E-state index in [9.17, 15) is 5.11 Å². The molecule has 0 spiro atoms. The number of phenols is 1. The fraction of sp³-hybridized carbons (Fsp3) is 0.100. The van der Waals surface area contributed by atoms with Crippen LogP contribution in [-0.2, 0) is 0 Å². The Morgan fingerprint density at radius 1 is 1.26 bits per heavy atom. The number of hydrogen-bond acceptors (Lipinski definition) is 4. The maximum Gasteiger partial charge on any atom is 0.206 e. The molecule has 0 fully saturated rings. The van der Waals surface area contributed by atoms with Crippen molar-refractivity contribution in [2.45, 2.75) is 6.92 Å². The Morgan fingerprint density at radius 3 is 2.70 bits per heavy atom. The van der Waals surface area contributed by atoms with Crippen molar-refractivity contribution in [1.29, 1.82) is 0 Å². The van der Waals surface area contributed by atoms with Crippen molar-refractivity contribution in [1.82, 2.24) is 4.68 Å². The van der Waals surface area contributed by atoms with Crippen LogP contribution in [0.4, 0.5) is 0 Å². The van der Waals surface area contributed by atoms with Gasteiger partial charge in [0.15, 0.2) is 0 Å². The van der Waals surface area contributed by atoms with Gasteiger partial charge in [0.25, 0.3) is 0 Å². The smallest absolute Gasteiger partial charge is 0.206 e. The molecule has 138 valence electrons. The van der Waals surface area contributed by atoms with E-state index in [0.29, 0.717) is 16.6 Å². The van der Waals surface area contributed by atoms with Crippen molar-refractivity contribution < 1.29 is 5.11 Å². The summed E-state index contributed by atoms with van der Waals surface area (Å²) in [7, 11) is 0. The number of rotatable bonds is 5. The van der Waals surface area contributed by atoms with Gasteiger partial charge in [-0.15, -0.1) is 11.3 Å². The van der Waals surface area contributed by atoms with Gasteiger partial charge in [-0.25, -0.2) is 4.68 Å². The van der Waals surface area contributed by atoms with E-state index < -0.39 is 0 Å². The van der Waals surface area contributed by atoms with Crippen LogP contribution in [-0.4, -0.2) is 22.5 Å². The highest BCUT2D eigenvalue weighted by atomic mass is 79.9. The van der Waals surface area contributed by atoms with E-state index in [2.05, 4.69) is 48.5 Å². The van der Waals surface area contributed by atoms with Crippen LogP contribution < -0.4 is 4.80 Å². The molecular formula is C20H17Br2N3OS. The van der Waals surface area contributed by atoms with Crippen molar-refractivity contribution in [3.05, 3.63) is 79.3 Å². The van der Waals surface area contributed by atoms with Gasteiger partial charge in [0.05, 0.1) is 22.9 Å². The summed E-state index contributed by atoms with van der Waals surface area (Å²) in [5.41, 5.74) is 3.56. The summed E-state index contributed by atoms with van der Waals surface area (Å²) in [6, 6.07) is 13.6. The highest BCUT2D eigenvalue weighted by Gasteiger charge is 2.09. The average Bonchev–Trinajstić information content (AvgIpc) is 3.05. The number of phenolic OH excluding ortho intramolecular Hbond substituents is 1. The third-order valence-electron chi connectivity index (χ3n) is 3.61. The molecule has 2 aromatic carbocycles. The number of halogens is 2. The molecule has 0 aliphatic carbocycles. The van der Waals surface area contributed by atoms with Gasteiger partial charge >= 0.3 is 0 Å². The zero-order valence-corrected chi connectivity index (χ0v) is 18.6. The van der Waals surface area contributed by atoms with Crippen LogP contribution in [0.5, 0.6) is 5.75 Å². The van der Waals surface area contributed by atoms with Gasteiger partial charge in [0, 0.05) is 21.0 Å². The van der Waals surface area contributed by atoms with Crippen molar-refractivity contribution in [2.75, 3.05) is 6.54 Å². The van der Waals surface area contributed by atoms with Crippen molar-refractivity contribution in [2.24, 2.45) is 10.1 Å². The second-order valence-corrected chi connectivity index (χ2v) is 8.53. The molecule has 3 aromatic rings. The van der Waals surface area contributed by atoms with Gasteiger partial charge in [-0.2, -0.15) is 5.10 Å². The summed E-state index contributed by atoms with van der Waals surface area (Å²) in [6.45, 7) is 6.39. The summed E-state index contributed by atoms with van der Waals surface area (Å²) >= 11 is 8.30. The molecule has 0 saturated heterocycles. The number of thiazole rings is 1. The fourth-order valence-corrected chi connectivity index (χ4v) is 4.43. The van der Waals surface area contributed by atoms with Crippen LogP contribution in [0.15, 0.2) is 79.0 Å². The normalized spacial score (nSPS) is 12.0. The summed E-state index contributed by atoms with van der Waals surface area (Å²) in [4.78, 5) is 5.37. The average molecular weight is 507 g/mol. The lowest BCUT2D eigenvalue weighted by Crippen LogP contribution is -2.13. The zero-order chi connectivity index (χ0) is 19.4. The van der Waals surface area contributed by atoms with E-state index in [4.69, 9.17) is 0 Å². The minimum absolute atomic E-state index is 0.138. The molecule has 1 aromatic heterocycles. The Balaban J connectivity index is 2.11. The molecule has 7 heteroatoms. The first-order valence-corrected chi connectivity index (χ1v) is 10.6. The number of hydrogen-bond donors (Lipinski definition) is 1.